The predicted molar refractivity (Wildman–Crippen MR) is 122 cm³/mol. The molecule has 0 saturated carbocycles. The Morgan fingerprint density at radius 1 is 0.969 bits per heavy atom. The highest BCUT2D eigenvalue weighted by Crippen LogP contribution is 2.28. The number of rotatable bonds is 9. The van der Waals surface area contributed by atoms with E-state index in [1.165, 1.54) is 23.9 Å². The summed E-state index contributed by atoms with van der Waals surface area (Å²) >= 11 is 1.27. The zero-order chi connectivity index (χ0) is 22.2. The van der Waals surface area contributed by atoms with Gasteiger partial charge in [-0.1, -0.05) is 60.3 Å². The van der Waals surface area contributed by atoms with E-state index in [-0.39, 0.29) is 17.5 Å². The minimum atomic E-state index is -0.351. The smallest absolute Gasteiger partial charge is 0.230 e. The van der Waals surface area contributed by atoms with Crippen molar-refractivity contribution in [1.82, 2.24) is 20.1 Å². The summed E-state index contributed by atoms with van der Waals surface area (Å²) in [4.78, 5) is 12.3. The first-order chi connectivity index (χ1) is 15.7. The Balaban J connectivity index is 1.41. The zero-order valence-corrected chi connectivity index (χ0v) is 18.0. The lowest BCUT2D eigenvalue weighted by molar-refractivity contribution is -0.118. The van der Waals surface area contributed by atoms with E-state index in [0.29, 0.717) is 29.7 Å². The van der Waals surface area contributed by atoms with Gasteiger partial charge in [0.15, 0.2) is 11.0 Å². The second-order valence-corrected chi connectivity index (χ2v) is 7.73. The molecule has 0 fully saturated rings. The number of nitrogens with one attached hydrogen (secondary N) is 1. The number of hydrogen-bond donors (Lipinski definition) is 1. The number of carbonyl (C=O) groups is 1. The Morgan fingerprint density at radius 3 is 2.47 bits per heavy atom. The minimum Gasteiger partial charge on any atom is -0.492 e. The van der Waals surface area contributed by atoms with Crippen LogP contribution in [-0.4, -0.2) is 39.6 Å². The van der Waals surface area contributed by atoms with Gasteiger partial charge in [0, 0.05) is 11.3 Å². The summed E-state index contributed by atoms with van der Waals surface area (Å²) in [7, 11) is 0. The number of amides is 1. The van der Waals surface area contributed by atoms with E-state index in [1.807, 2.05) is 65.2 Å². The van der Waals surface area contributed by atoms with E-state index in [2.05, 4.69) is 15.5 Å². The van der Waals surface area contributed by atoms with Crippen molar-refractivity contribution >= 4 is 17.7 Å². The van der Waals surface area contributed by atoms with Crippen molar-refractivity contribution in [2.75, 3.05) is 18.9 Å². The van der Waals surface area contributed by atoms with Gasteiger partial charge in [0.2, 0.25) is 5.91 Å². The fourth-order valence-corrected chi connectivity index (χ4v) is 3.83. The van der Waals surface area contributed by atoms with Gasteiger partial charge in [-0.05, 0) is 36.4 Å². The third-order valence-corrected chi connectivity index (χ3v) is 5.43. The molecule has 0 aliphatic heterocycles. The van der Waals surface area contributed by atoms with E-state index < -0.39 is 0 Å². The van der Waals surface area contributed by atoms with Gasteiger partial charge in [0.25, 0.3) is 0 Å². The van der Waals surface area contributed by atoms with Crippen molar-refractivity contribution in [3.8, 4) is 22.8 Å². The molecule has 0 atom stereocenters. The first-order valence-corrected chi connectivity index (χ1v) is 11.0. The maximum atomic E-state index is 13.8. The molecule has 4 rings (SSSR count). The quantitative estimate of drug-likeness (QED) is 0.304. The van der Waals surface area contributed by atoms with Crippen LogP contribution in [0, 0.1) is 5.82 Å². The lowest BCUT2D eigenvalue weighted by Crippen LogP contribution is -2.29. The second-order valence-electron chi connectivity index (χ2n) is 6.79. The Morgan fingerprint density at radius 2 is 1.72 bits per heavy atom. The summed E-state index contributed by atoms with van der Waals surface area (Å²) < 4.78 is 21.2. The van der Waals surface area contributed by atoms with Crippen LogP contribution in [0.2, 0.25) is 0 Å². The van der Waals surface area contributed by atoms with Gasteiger partial charge in [-0.15, -0.1) is 10.2 Å². The number of thioether (sulfide) groups is 1. The SMILES string of the molecule is O=C(CSc1nnc(-c2cccc(F)c2)n1-c1ccccc1)NCCOc1ccccc1. The molecule has 0 bridgehead atoms. The molecule has 0 saturated heterocycles. The van der Waals surface area contributed by atoms with Crippen LogP contribution in [0.1, 0.15) is 0 Å². The molecule has 0 spiro atoms. The molecule has 32 heavy (non-hydrogen) atoms. The Labute approximate surface area is 189 Å². The van der Waals surface area contributed by atoms with Gasteiger partial charge in [-0.3, -0.25) is 9.36 Å². The maximum absolute atomic E-state index is 13.8. The number of nitrogens with zero attached hydrogens (tertiary/aromatic N) is 3. The molecular formula is C24H21FN4O2S. The van der Waals surface area contributed by atoms with Crippen LogP contribution in [0.5, 0.6) is 5.75 Å². The summed E-state index contributed by atoms with van der Waals surface area (Å²) in [5.74, 6) is 0.948. The molecule has 4 aromatic rings. The third-order valence-electron chi connectivity index (χ3n) is 4.50. The Bertz CT molecular complexity index is 1170. The molecule has 0 aliphatic rings. The molecule has 1 N–H and O–H groups in total. The minimum absolute atomic E-state index is 0.137. The summed E-state index contributed by atoms with van der Waals surface area (Å²) in [5, 5.41) is 11.9. The highest BCUT2D eigenvalue weighted by atomic mass is 32.2. The molecule has 8 heteroatoms. The van der Waals surface area contributed by atoms with Crippen LogP contribution in [-0.2, 0) is 4.79 Å². The molecule has 162 valence electrons. The van der Waals surface area contributed by atoms with Crippen LogP contribution in [0.3, 0.4) is 0 Å². The van der Waals surface area contributed by atoms with Gasteiger partial charge in [-0.25, -0.2) is 4.39 Å². The molecular weight excluding hydrogens is 427 g/mol. The number of para-hydroxylation sites is 2. The molecule has 1 heterocycles. The van der Waals surface area contributed by atoms with E-state index in [9.17, 15) is 9.18 Å². The number of ether oxygens (including phenoxy) is 1. The highest BCUT2D eigenvalue weighted by Gasteiger charge is 2.17. The average molecular weight is 449 g/mol. The molecule has 0 radical (unpaired) electrons. The van der Waals surface area contributed by atoms with Crippen molar-refractivity contribution in [3.05, 3.63) is 90.7 Å². The second kappa shape index (κ2) is 10.6. The van der Waals surface area contributed by atoms with Gasteiger partial charge in [0.05, 0.1) is 12.3 Å². The fraction of sp³-hybridized carbons (Fsp3) is 0.125. The summed E-state index contributed by atoms with van der Waals surface area (Å²) in [6.45, 7) is 0.776. The highest BCUT2D eigenvalue weighted by molar-refractivity contribution is 7.99. The van der Waals surface area contributed by atoms with Crippen LogP contribution in [0.4, 0.5) is 4.39 Å². The summed E-state index contributed by atoms with van der Waals surface area (Å²) in [5.41, 5.74) is 1.44. The van der Waals surface area contributed by atoms with Gasteiger partial charge in [-0.2, -0.15) is 0 Å². The van der Waals surface area contributed by atoms with Gasteiger partial charge < -0.3 is 10.1 Å². The van der Waals surface area contributed by atoms with E-state index in [0.717, 1.165) is 11.4 Å². The molecule has 6 nitrogen and oxygen atoms in total. The molecule has 0 unspecified atom stereocenters. The van der Waals surface area contributed by atoms with Crippen molar-refractivity contribution in [3.63, 3.8) is 0 Å². The number of halogens is 1. The summed E-state index contributed by atoms with van der Waals surface area (Å²) in [6.07, 6.45) is 0. The van der Waals surface area contributed by atoms with E-state index in [1.54, 1.807) is 12.1 Å². The van der Waals surface area contributed by atoms with Crippen LogP contribution < -0.4 is 10.1 Å². The topological polar surface area (TPSA) is 69.0 Å². The number of aromatic nitrogens is 3. The predicted octanol–water partition coefficient (Wildman–Crippen LogP) is 4.36. The Kier molecular flexibility index (Phi) is 7.14. The van der Waals surface area contributed by atoms with Crippen molar-refractivity contribution in [2.45, 2.75) is 5.16 Å². The Hall–Kier alpha value is -3.65. The average Bonchev–Trinajstić information content (AvgIpc) is 3.26. The maximum Gasteiger partial charge on any atom is 0.230 e. The third kappa shape index (κ3) is 5.53. The zero-order valence-electron chi connectivity index (χ0n) is 17.1. The van der Waals surface area contributed by atoms with Gasteiger partial charge in [0.1, 0.15) is 18.2 Å². The lowest BCUT2D eigenvalue weighted by atomic mass is 10.2. The van der Waals surface area contributed by atoms with Crippen LogP contribution in [0.15, 0.2) is 90.1 Å². The van der Waals surface area contributed by atoms with Crippen molar-refractivity contribution in [2.24, 2.45) is 0 Å². The number of hydrogen-bond acceptors (Lipinski definition) is 5. The van der Waals surface area contributed by atoms with Gasteiger partial charge >= 0.3 is 0 Å². The first kappa shape index (κ1) is 21.6. The van der Waals surface area contributed by atoms with Crippen molar-refractivity contribution in [1.29, 1.82) is 0 Å². The van der Waals surface area contributed by atoms with Crippen molar-refractivity contribution < 1.29 is 13.9 Å². The molecule has 0 aliphatic carbocycles. The van der Waals surface area contributed by atoms with Crippen LogP contribution >= 0.6 is 11.8 Å². The lowest BCUT2D eigenvalue weighted by Gasteiger charge is -2.11. The number of carbonyl (C=O) groups excluding carboxylic acids is 1. The standard InChI is InChI=1S/C24H21FN4O2S/c25-19-9-7-8-18(16-19)23-27-28-24(29(23)20-10-3-1-4-11-20)32-17-22(30)26-14-15-31-21-12-5-2-6-13-21/h1-13,16H,14-15,17H2,(H,26,30). The molecule has 1 amide bonds. The normalized spacial score (nSPS) is 10.7. The van der Waals surface area contributed by atoms with E-state index >= 15 is 0 Å². The largest absolute Gasteiger partial charge is 0.492 e. The molecule has 3 aromatic carbocycles. The monoisotopic (exact) mass is 448 g/mol. The van der Waals surface area contributed by atoms with E-state index in [4.69, 9.17) is 4.74 Å². The first-order valence-electron chi connectivity index (χ1n) is 10.0. The number of benzene rings is 3. The van der Waals surface area contributed by atoms with Crippen LogP contribution in [0.25, 0.3) is 17.1 Å². The fourth-order valence-electron chi connectivity index (χ4n) is 3.04. The molecule has 1 aromatic heterocycles. The summed E-state index contributed by atoms with van der Waals surface area (Å²) in [6, 6.07) is 25.2.